The van der Waals surface area contributed by atoms with E-state index in [1.807, 2.05) is 0 Å². The van der Waals surface area contributed by atoms with Crippen molar-refractivity contribution < 1.29 is 19.1 Å². The first-order chi connectivity index (χ1) is 9.84. The molecule has 1 rings (SSSR count). The summed E-state index contributed by atoms with van der Waals surface area (Å²) in [5.41, 5.74) is -0.245. The predicted octanol–water partition coefficient (Wildman–Crippen LogP) is 3.28. The SMILES string of the molecule is CCC(CC)(CC(=O)N[C@@H](C)c1ccc(F)cc1)C(=O)O. The molecule has 0 radical (unpaired) electrons. The highest BCUT2D eigenvalue weighted by Crippen LogP contribution is 2.31. The second-order valence-electron chi connectivity index (χ2n) is 5.31. The molecule has 4 nitrogen and oxygen atoms in total. The molecule has 116 valence electrons. The van der Waals surface area contributed by atoms with Crippen LogP contribution in [0.5, 0.6) is 0 Å². The number of benzene rings is 1. The van der Waals surface area contributed by atoms with E-state index in [9.17, 15) is 19.1 Å². The fourth-order valence-corrected chi connectivity index (χ4v) is 2.31. The number of carboxylic acids is 1. The summed E-state index contributed by atoms with van der Waals surface area (Å²) in [6, 6.07) is 5.57. The third kappa shape index (κ3) is 4.28. The molecule has 0 aliphatic heterocycles. The quantitative estimate of drug-likeness (QED) is 0.811. The summed E-state index contributed by atoms with van der Waals surface area (Å²) in [6.45, 7) is 5.33. The fraction of sp³-hybridized carbons (Fsp3) is 0.500. The average Bonchev–Trinajstić information content (AvgIpc) is 2.45. The van der Waals surface area contributed by atoms with Gasteiger partial charge in [0.2, 0.25) is 5.91 Å². The Morgan fingerprint density at radius 3 is 2.19 bits per heavy atom. The molecule has 0 aromatic heterocycles. The summed E-state index contributed by atoms with van der Waals surface area (Å²) in [6.07, 6.45) is 0.745. The largest absolute Gasteiger partial charge is 0.481 e. The standard InChI is InChI=1S/C16H22FNO3/c1-4-16(5-2,15(20)21)10-14(19)18-11(3)12-6-8-13(17)9-7-12/h6-9,11H,4-5,10H2,1-3H3,(H,18,19)(H,20,21)/t11-/m0/s1. The van der Waals surface area contributed by atoms with Crippen molar-refractivity contribution in [3.05, 3.63) is 35.6 Å². The maximum Gasteiger partial charge on any atom is 0.310 e. The summed E-state index contributed by atoms with van der Waals surface area (Å²) in [5.74, 6) is -1.59. The van der Waals surface area contributed by atoms with Gasteiger partial charge in [0, 0.05) is 6.42 Å². The zero-order valence-electron chi connectivity index (χ0n) is 12.6. The smallest absolute Gasteiger partial charge is 0.310 e. The average molecular weight is 295 g/mol. The molecule has 0 unspecified atom stereocenters. The Balaban J connectivity index is 2.72. The van der Waals surface area contributed by atoms with Crippen molar-refractivity contribution >= 4 is 11.9 Å². The summed E-state index contributed by atoms with van der Waals surface area (Å²) in [7, 11) is 0. The van der Waals surface area contributed by atoms with Gasteiger partial charge < -0.3 is 10.4 Å². The monoisotopic (exact) mass is 295 g/mol. The number of halogens is 1. The number of nitrogens with one attached hydrogen (secondary N) is 1. The fourth-order valence-electron chi connectivity index (χ4n) is 2.31. The number of aliphatic carboxylic acids is 1. The maximum atomic E-state index is 12.9. The Morgan fingerprint density at radius 1 is 1.24 bits per heavy atom. The van der Waals surface area contributed by atoms with Gasteiger partial charge in [0.05, 0.1) is 11.5 Å². The molecule has 1 atom stereocenters. The molecule has 1 amide bonds. The van der Waals surface area contributed by atoms with Crippen molar-refractivity contribution in [2.75, 3.05) is 0 Å². The molecule has 0 aliphatic rings. The van der Waals surface area contributed by atoms with E-state index in [-0.39, 0.29) is 24.2 Å². The summed E-state index contributed by atoms with van der Waals surface area (Å²) < 4.78 is 12.9. The summed E-state index contributed by atoms with van der Waals surface area (Å²) in [5, 5.41) is 12.1. The highest BCUT2D eigenvalue weighted by Gasteiger charge is 2.37. The number of hydrogen-bond donors (Lipinski definition) is 2. The van der Waals surface area contributed by atoms with Gasteiger partial charge in [0.1, 0.15) is 5.82 Å². The van der Waals surface area contributed by atoms with Crippen LogP contribution >= 0.6 is 0 Å². The lowest BCUT2D eigenvalue weighted by Crippen LogP contribution is -2.37. The topological polar surface area (TPSA) is 66.4 Å². The molecule has 21 heavy (non-hydrogen) atoms. The first kappa shape index (κ1) is 17.1. The minimum absolute atomic E-state index is 0.0547. The first-order valence-corrected chi connectivity index (χ1v) is 7.13. The third-order valence-electron chi connectivity index (χ3n) is 4.05. The highest BCUT2D eigenvalue weighted by molar-refractivity contribution is 5.85. The van der Waals surface area contributed by atoms with Crippen molar-refractivity contribution in [3.8, 4) is 0 Å². The number of carboxylic acid groups (broad SMARTS) is 1. The van der Waals surface area contributed by atoms with Crippen molar-refractivity contribution in [1.82, 2.24) is 5.32 Å². The van der Waals surface area contributed by atoms with Crippen LogP contribution < -0.4 is 5.32 Å². The van der Waals surface area contributed by atoms with Crippen LogP contribution in [0.2, 0.25) is 0 Å². The molecule has 2 N–H and O–H groups in total. The Morgan fingerprint density at radius 2 is 1.76 bits per heavy atom. The number of carbonyl (C=O) groups excluding carboxylic acids is 1. The Kier molecular flexibility index (Phi) is 5.88. The van der Waals surface area contributed by atoms with Crippen molar-refractivity contribution in [2.24, 2.45) is 5.41 Å². The minimum Gasteiger partial charge on any atom is -0.481 e. The van der Waals surface area contributed by atoms with Gasteiger partial charge in [0.25, 0.3) is 0 Å². The number of carbonyl (C=O) groups is 2. The van der Waals surface area contributed by atoms with E-state index in [4.69, 9.17) is 0 Å². The van der Waals surface area contributed by atoms with E-state index >= 15 is 0 Å². The Labute approximate surface area is 124 Å². The van der Waals surface area contributed by atoms with Gasteiger partial charge in [-0.3, -0.25) is 9.59 Å². The van der Waals surface area contributed by atoms with E-state index < -0.39 is 11.4 Å². The molecular formula is C16H22FNO3. The van der Waals surface area contributed by atoms with E-state index in [2.05, 4.69) is 5.32 Å². The van der Waals surface area contributed by atoms with Gasteiger partial charge in [-0.1, -0.05) is 26.0 Å². The number of hydrogen-bond acceptors (Lipinski definition) is 2. The molecule has 0 aliphatic carbocycles. The van der Waals surface area contributed by atoms with Gasteiger partial charge in [-0.15, -0.1) is 0 Å². The van der Waals surface area contributed by atoms with E-state index in [0.717, 1.165) is 5.56 Å². The molecule has 0 saturated heterocycles. The molecule has 5 heteroatoms. The number of rotatable bonds is 7. The van der Waals surface area contributed by atoms with Crippen LogP contribution in [0.4, 0.5) is 4.39 Å². The maximum absolute atomic E-state index is 12.9. The van der Waals surface area contributed by atoms with Gasteiger partial charge in [-0.2, -0.15) is 0 Å². The zero-order valence-corrected chi connectivity index (χ0v) is 12.6. The second-order valence-corrected chi connectivity index (χ2v) is 5.31. The van der Waals surface area contributed by atoms with Crippen LogP contribution in [0.15, 0.2) is 24.3 Å². The van der Waals surface area contributed by atoms with Crippen LogP contribution in [-0.2, 0) is 9.59 Å². The van der Waals surface area contributed by atoms with Crippen LogP contribution in [0.3, 0.4) is 0 Å². The molecule has 0 bridgehead atoms. The Hall–Kier alpha value is -1.91. The van der Waals surface area contributed by atoms with Crippen molar-refractivity contribution in [2.45, 2.75) is 46.1 Å². The van der Waals surface area contributed by atoms with Gasteiger partial charge in [-0.25, -0.2) is 4.39 Å². The lowest BCUT2D eigenvalue weighted by Gasteiger charge is -2.26. The van der Waals surface area contributed by atoms with Crippen molar-refractivity contribution in [1.29, 1.82) is 0 Å². The van der Waals surface area contributed by atoms with Crippen LogP contribution in [0, 0.1) is 11.2 Å². The van der Waals surface area contributed by atoms with E-state index in [1.165, 1.54) is 12.1 Å². The third-order valence-corrected chi connectivity index (χ3v) is 4.05. The minimum atomic E-state index is -1.02. The van der Waals surface area contributed by atoms with Crippen LogP contribution in [-0.4, -0.2) is 17.0 Å². The van der Waals surface area contributed by atoms with Crippen LogP contribution in [0.1, 0.15) is 51.6 Å². The molecular weight excluding hydrogens is 273 g/mol. The van der Waals surface area contributed by atoms with E-state index in [1.54, 1.807) is 32.9 Å². The molecule has 0 saturated carbocycles. The van der Waals surface area contributed by atoms with Gasteiger partial charge in [-0.05, 0) is 37.5 Å². The molecule has 0 heterocycles. The van der Waals surface area contributed by atoms with E-state index in [0.29, 0.717) is 12.8 Å². The lowest BCUT2D eigenvalue weighted by atomic mass is 9.79. The van der Waals surface area contributed by atoms with Crippen molar-refractivity contribution in [3.63, 3.8) is 0 Å². The summed E-state index contributed by atoms with van der Waals surface area (Å²) >= 11 is 0. The van der Waals surface area contributed by atoms with Gasteiger partial charge >= 0.3 is 5.97 Å². The predicted molar refractivity (Wildman–Crippen MR) is 78.2 cm³/mol. The molecule has 0 fully saturated rings. The molecule has 1 aromatic rings. The normalized spacial score (nSPS) is 12.8. The summed E-state index contributed by atoms with van der Waals surface area (Å²) in [4.78, 5) is 23.5. The Bertz CT molecular complexity index is 495. The van der Waals surface area contributed by atoms with Gasteiger partial charge in [0.15, 0.2) is 0 Å². The first-order valence-electron chi connectivity index (χ1n) is 7.13. The van der Waals surface area contributed by atoms with Crippen LogP contribution in [0.25, 0.3) is 0 Å². The number of amides is 1. The lowest BCUT2D eigenvalue weighted by molar-refractivity contribution is -0.152. The second kappa shape index (κ2) is 7.20. The zero-order chi connectivity index (χ0) is 16.0. The highest BCUT2D eigenvalue weighted by atomic mass is 19.1. The molecule has 0 spiro atoms. The molecule has 1 aromatic carbocycles.